The van der Waals surface area contributed by atoms with E-state index in [0.29, 0.717) is 39.0 Å². The van der Waals surface area contributed by atoms with E-state index < -0.39 is 5.63 Å². The van der Waals surface area contributed by atoms with E-state index >= 15 is 0 Å². The second-order valence-electron chi connectivity index (χ2n) is 5.04. The largest absolute Gasteiger partial charge is 0.493 e. The summed E-state index contributed by atoms with van der Waals surface area (Å²) < 4.78 is 21.3. The number of methoxy groups -OCH3 is 3. The molecule has 0 spiro atoms. The first kappa shape index (κ1) is 16.2. The van der Waals surface area contributed by atoms with Gasteiger partial charge < -0.3 is 18.6 Å². The predicted octanol–water partition coefficient (Wildman–Crippen LogP) is 4.14. The van der Waals surface area contributed by atoms with Crippen LogP contribution in [0.3, 0.4) is 0 Å². The lowest BCUT2D eigenvalue weighted by molar-refractivity contribution is 0.324. The molecule has 124 valence electrons. The molecule has 0 saturated heterocycles. The van der Waals surface area contributed by atoms with E-state index in [1.807, 2.05) is 0 Å². The van der Waals surface area contributed by atoms with Crippen LogP contribution in [-0.2, 0) is 0 Å². The van der Waals surface area contributed by atoms with Gasteiger partial charge in [0.25, 0.3) is 0 Å². The SMILES string of the molecule is COc1cc(-c2cc3cc(Cl)ccc3oc2=O)cc(OC)c1OC. The Labute approximate surface area is 143 Å². The molecule has 0 bridgehead atoms. The fraction of sp³-hybridized carbons (Fsp3) is 0.167. The van der Waals surface area contributed by atoms with Crippen LogP contribution in [0.25, 0.3) is 22.1 Å². The molecule has 2 aromatic carbocycles. The van der Waals surface area contributed by atoms with Crippen molar-refractivity contribution in [3.05, 3.63) is 51.8 Å². The van der Waals surface area contributed by atoms with Crippen LogP contribution in [0.5, 0.6) is 17.2 Å². The quantitative estimate of drug-likeness (QED) is 0.664. The molecule has 1 heterocycles. The summed E-state index contributed by atoms with van der Waals surface area (Å²) in [5.41, 5.74) is 0.990. The third-order valence-corrected chi connectivity index (χ3v) is 3.91. The van der Waals surface area contributed by atoms with Gasteiger partial charge in [0.15, 0.2) is 11.5 Å². The third-order valence-electron chi connectivity index (χ3n) is 3.67. The smallest absolute Gasteiger partial charge is 0.344 e. The molecule has 0 N–H and O–H groups in total. The lowest BCUT2D eigenvalue weighted by atomic mass is 10.0. The Balaban J connectivity index is 2.26. The van der Waals surface area contributed by atoms with E-state index in [9.17, 15) is 4.79 Å². The van der Waals surface area contributed by atoms with Gasteiger partial charge in [0, 0.05) is 10.4 Å². The topological polar surface area (TPSA) is 57.9 Å². The highest BCUT2D eigenvalue weighted by molar-refractivity contribution is 6.31. The molecule has 0 unspecified atom stereocenters. The van der Waals surface area contributed by atoms with Gasteiger partial charge in [0.2, 0.25) is 5.75 Å². The van der Waals surface area contributed by atoms with Crippen molar-refractivity contribution in [1.29, 1.82) is 0 Å². The molecular weight excluding hydrogens is 332 g/mol. The molecule has 3 aromatic rings. The summed E-state index contributed by atoms with van der Waals surface area (Å²) in [7, 11) is 4.56. The van der Waals surface area contributed by atoms with Crippen LogP contribution < -0.4 is 19.8 Å². The van der Waals surface area contributed by atoms with Gasteiger partial charge in [-0.15, -0.1) is 0 Å². The number of hydrogen-bond donors (Lipinski definition) is 0. The molecule has 3 rings (SSSR count). The average molecular weight is 347 g/mol. The molecule has 1 aromatic heterocycles. The highest BCUT2D eigenvalue weighted by Gasteiger charge is 2.16. The van der Waals surface area contributed by atoms with Crippen LogP contribution in [0.15, 0.2) is 45.6 Å². The normalized spacial score (nSPS) is 10.7. The van der Waals surface area contributed by atoms with E-state index in [1.165, 1.54) is 21.3 Å². The Morgan fingerprint density at radius 3 is 2.17 bits per heavy atom. The van der Waals surface area contributed by atoms with E-state index in [4.69, 9.17) is 30.2 Å². The Bertz CT molecular complexity index is 936. The van der Waals surface area contributed by atoms with Gasteiger partial charge in [-0.05, 0) is 42.0 Å². The molecule has 6 heteroatoms. The number of halogens is 1. The summed E-state index contributed by atoms with van der Waals surface area (Å²) in [6, 6.07) is 10.2. The van der Waals surface area contributed by atoms with Crippen LogP contribution >= 0.6 is 11.6 Å². The standard InChI is InChI=1S/C18H15ClO5/c1-21-15-8-10(9-16(22-2)17(15)23-3)13-7-11-6-12(19)4-5-14(11)24-18(13)20/h4-9H,1-3H3. The molecular formula is C18H15ClO5. The summed E-state index contributed by atoms with van der Waals surface area (Å²) in [5.74, 6) is 1.37. The van der Waals surface area contributed by atoms with E-state index in [2.05, 4.69) is 0 Å². The van der Waals surface area contributed by atoms with Crippen LogP contribution in [0.2, 0.25) is 5.02 Å². The van der Waals surface area contributed by atoms with Gasteiger partial charge >= 0.3 is 5.63 Å². The highest BCUT2D eigenvalue weighted by atomic mass is 35.5. The summed E-state index contributed by atoms with van der Waals surface area (Å²) >= 11 is 6.02. The van der Waals surface area contributed by atoms with Crippen molar-refractivity contribution < 1.29 is 18.6 Å². The lowest BCUT2D eigenvalue weighted by Crippen LogP contribution is -2.04. The van der Waals surface area contributed by atoms with E-state index in [0.717, 1.165) is 5.39 Å². The van der Waals surface area contributed by atoms with E-state index in [1.54, 1.807) is 36.4 Å². The first-order valence-electron chi connectivity index (χ1n) is 7.11. The van der Waals surface area contributed by atoms with Crippen LogP contribution in [0.1, 0.15) is 0 Å². The first-order chi connectivity index (χ1) is 11.6. The molecule has 0 amide bonds. The van der Waals surface area contributed by atoms with Gasteiger partial charge in [0.05, 0.1) is 26.9 Å². The van der Waals surface area contributed by atoms with Crippen molar-refractivity contribution in [2.45, 2.75) is 0 Å². The maximum atomic E-state index is 12.4. The third kappa shape index (κ3) is 2.78. The second-order valence-corrected chi connectivity index (χ2v) is 5.48. The maximum absolute atomic E-state index is 12.4. The van der Waals surface area contributed by atoms with Crippen LogP contribution in [0.4, 0.5) is 0 Å². The minimum Gasteiger partial charge on any atom is -0.493 e. The van der Waals surface area contributed by atoms with E-state index in [-0.39, 0.29) is 0 Å². The molecule has 24 heavy (non-hydrogen) atoms. The molecule has 0 aliphatic rings. The molecule has 0 saturated carbocycles. The number of fused-ring (bicyclic) bond motifs is 1. The molecule has 0 aliphatic carbocycles. The molecule has 0 radical (unpaired) electrons. The number of hydrogen-bond acceptors (Lipinski definition) is 5. The monoisotopic (exact) mass is 346 g/mol. The van der Waals surface area contributed by atoms with Crippen molar-refractivity contribution in [3.63, 3.8) is 0 Å². The first-order valence-corrected chi connectivity index (χ1v) is 7.49. The highest BCUT2D eigenvalue weighted by Crippen LogP contribution is 2.40. The molecule has 0 fully saturated rings. The number of ether oxygens (including phenoxy) is 3. The van der Waals surface area contributed by atoms with Gasteiger partial charge in [-0.3, -0.25) is 0 Å². The van der Waals surface area contributed by atoms with Crippen LogP contribution in [0, 0.1) is 0 Å². The second kappa shape index (κ2) is 6.45. The lowest BCUT2D eigenvalue weighted by Gasteiger charge is -2.14. The fourth-order valence-electron chi connectivity index (χ4n) is 2.53. The number of benzene rings is 2. The van der Waals surface area contributed by atoms with Crippen molar-refractivity contribution >= 4 is 22.6 Å². The Morgan fingerprint density at radius 1 is 0.917 bits per heavy atom. The molecule has 0 aliphatic heterocycles. The Kier molecular flexibility index (Phi) is 4.36. The average Bonchev–Trinajstić information content (AvgIpc) is 2.60. The zero-order valence-electron chi connectivity index (χ0n) is 13.4. The zero-order valence-corrected chi connectivity index (χ0v) is 14.1. The molecule has 0 atom stereocenters. The zero-order chi connectivity index (χ0) is 17.3. The van der Waals surface area contributed by atoms with Gasteiger partial charge in [-0.1, -0.05) is 11.6 Å². The van der Waals surface area contributed by atoms with Gasteiger partial charge in [-0.2, -0.15) is 0 Å². The van der Waals surface area contributed by atoms with Gasteiger partial charge in [0.1, 0.15) is 5.58 Å². The fourth-order valence-corrected chi connectivity index (χ4v) is 2.71. The molecule has 5 nitrogen and oxygen atoms in total. The van der Waals surface area contributed by atoms with Crippen molar-refractivity contribution in [2.75, 3.05) is 21.3 Å². The summed E-state index contributed by atoms with van der Waals surface area (Å²) in [5, 5.41) is 1.29. The van der Waals surface area contributed by atoms with Crippen molar-refractivity contribution in [2.24, 2.45) is 0 Å². The Morgan fingerprint density at radius 2 is 1.58 bits per heavy atom. The summed E-state index contributed by atoms with van der Waals surface area (Å²) in [6.07, 6.45) is 0. The minimum atomic E-state index is -0.459. The van der Waals surface area contributed by atoms with Crippen molar-refractivity contribution in [1.82, 2.24) is 0 Å². The Hall–Kier alpha value is -2.66. The predicted molar refractivity (Wildman–Crippen MR) is 92.6 cm³/mol. The van der Waals surface area contributed by atoms with Crippen LogP contribution in [-0.4, -0.2) is 21.3 Å². The van der Waals surface area contributed by atoms with Crippen molar-refractivity contribution in [3.8, 4) is 28.4 Å². The summed E-state index contributed by atoms with van der Waals surface area (Å²) in [6.45, 7) is 0. The number of rotatable bonds is 4. The maximum Gasteiger partial charge on any atom is 0.344 e. The van der Waals surface area contributed by atoms with Gasteiger partial charge in [-0.25, -0.2) is 4.79 Å². The minimum absolute atomic E-state index is 0.379. The summed E-state index contributed by atoms with van der Waals surface area (Å²) in [4.78, 5) is 12.4.